The molecule has 124 valence electrons. The number of halogens is 1. The van der Waals surface area contributed by atoms with Gasteiger partial charge in [0.2, 0.25) is 0 Å². The number of hydrogen-bond acceptors (Lipinski definition) is 5. The molecule has 2 aromatic heterocycles. The molecule has 7 heteroatoms. The highest BCUT2D eigenvalue weighted by Crippen LogP contribution is 2.33. The van der Waals surface area contributed by atoms with E-state index in [0.717, 1.165) is 12.1 Å². The van der Waals surface area contributed by atoms with Crippen LogP contribution in [0.4, 0.5) is 0 Å². The van der Waals surface area contributed by atoms with E-state index in [9.17, 15) is 4.79 Å². The standard InChI is InChI=1S/C16H21IN4O2/c1-2-23-16(22)13-9-20-15-14(13)21-12(8-19-15)7-10-3-5-11(17-18)6-4-10/h8-11,18H,2-7H2,1H3,(H,19,20). The molecule has 0 radical (unpaired) electrons. The summed E-state index contributed by atoms with van der Waals surface area (Å²) < 4.78 is 13.3. The number of alkyl halides is 1. The lowest BCUT2D eigenvalue weighted by atomic mass is 9.86. The van der Waals surface area contributed by atoms with Gasteiger partial charge < -0.3 is 9.72 Å². The lowest BCUT2D eigenvalue weighted by Gasteiger charge is -2.25. The smallest absolute Gasteiger partial charge is 0.341 e. The second kappa shape index (κ2) is 7.46. The summed E-state index contributed by atoms with van der Waals surface area (Å²) in [6.45, 7) is 2.14. The number of fused-ring (bicyclic) bond motifs is 1. The molecule has 1 fully saturated rings. The molecule has 1 aliphatic carbocycles. The molecule has 1 saturated carbocycles. The minimum Gasteiger partial charge on any atom is -0.462 e. The predicted molar refractivity (Wildman–Crippen MR) is 96.0 cm³/mol. The summed E-state index contributed by atoms with van der Waals surface area (Å²) in [5, 5.41) is 0. The van der Waals surface area contributed by atoms with E-state index in [1.165, 1.54) is 25.7 Å². The van der Waals surface area contributed by atoms with Crippen molar-refractivity contribution in [2.75, 3.05) is 6.61 Å². The zero-order chi connectivity index (χ0) is 16.2. The predicted octanol–water partition coefficient (Wildman–Crippen LogP) is 3.97. The first-order chi connectivity index (χ1) is 11.2. The van der Waals surface area contributed by atoms with E-state index in [-0.39, 0.29) is 27.0 Å². The fourth-order valence-electron chi connectivity index (χ4n) is 3.12. The first-order valence-corrected chi connectivity index (χ1v) is 10.3. The molecule has 0 atom stereocenters. The van der Waals surface area contributed by atoms with Gasteiger partial charge >= 0.3 is 5.97 Å². The van der Waals surface area contributed by atoms with Crippen molar-refractivity contribution in [1.29, 1.82) is 3.56 Å². The molecule has 2 aromatic rings. The van der Waals surface area contributed by atoms with Crippen LogP contribution in [0.15, 0.2) is 12.4 Å². The lowest BCUT2D eigenvalue weighted by molar-refractivity contribution is 0.0528. The Bertz CT molecular complexity index is 707. The van der Waals surface area contributed by atoms with Crippen molar-refractivity contribution in [3.05, 3.63) is 23.7 Å². The van der Waals surface area contributed by atoms with Gasteiger partial charge in [-0.2, -0.15) is 0 Å². The summed E-state index contributed by atoms with van der Waals surface area (Å²) in [6, 6.07) is 0. The van der Waals surface area contributed by atoms with E-state index in [0.29, 0.717) is 33.2 Å². The Morgan fingerprint density at radius 2 is 2.22 bits per heavy atom. The molecule has 0 aromatic carbocycles. The fourth-order valence-corrected chi connectivity index (χ4v) is 4.46. The van der Waals surface area contributed by atoms with Crippen LogP contribution in [0.25, 0.3) is 11.2 Å². The largest absolute Gasteiger partial charge is 0.462 e. The van der Waals surface area contributed by atoms with Crippen molar-refractivity contribution in [2.24, 2.45) is 5.92 Å². The molecule has 3 rings (SSSR count). The van der Waals surface area contributed by atoms with Gasteiger partial charge in [-0.25, -0.2) is 14.8 Å². The number of nitrogens with one attached hydrogen (secondary N) is 2. The highest BCUT2D eigenvalue weighted by Gasteiger charge is 2.22. The van der Waals surface area contributed by atoms with Gasteiger partial charge in [0.05, 0.1) is 18.5 Å². The molecule has 6 nitrogen and oxygen atoms in total. The van der Waals surface area contributed by atoms with Crippen LogP contribution in [0.2, 0.25) is 0 Å². The minimum atomic E-state index is -0.360. The van der Waals surface area contributed by atoms with Crippen LogP contribution in [-0.2, 0) is 11.2 Å². The van der Waals surface area contributed by atoms with Crippen LogP contribution in [0.3, 0.4) is 0 Å². The van der Waals surface area contributed by atoms with Gasteiger partial charge in [0.25, 0.3) is 0 Å². The summed E-state index contributed by atoms with van der Waals surface area (Å²) in [4.78, 5) is 24.0. The maximum Gasteiger partial charge on any atom is 0.341 e. The van der Waals surface area contributed by atoms with Crippen LogP contribution in [-0.4, -0.2) is 31.5 Å². The minimum absolute atomic E-state index is 0.348. The number of esters is 1. The number of carbonyl (C=O) groups is 1. The van der Waals surface area contributed by atoms with Gasteiger partial charge in [-0.05, 0) is 66.0 Å². The molecular weight excluding hydrogens is 407 g/mol. The SMILES string of the molecule is CCOC(=O)c1c[nH]c2ncc(CC3CCC(I=N)CC3)nc12. The van der Waals surface area contributed by atoms with Crippen molar-refractivity contribution in [1.82, 2.24) is 15.0 Å². The topological polar surface area (TPSA) is 91.7 Å². The van der Waals surface area contributed by atoms with Crippen molar-refractivity contribution in [3.63, 3.8) is 0 Å². The molecule has 0 unspecified atom stereocenters. The second-order valence-electron chi connectivity index (χ2n) is 5.91. The molecule has 0 aliphatic heterocycles. The van der Waals surface area contributed by atoms with E-state index in [1.807, 2.05) is 0 Å². The molecule has 2 heterocycles. The quantitative estimate of drug-likeness (QED) is 0.428. The van der Waals surface area contributed by atoms with Gasteiger partial charge in [-0.15, -0.1) is 0 Å². The van der Waals surface area contributed by atoms with Crippen molar-refractivity contribution in [3.8, 4) is 0 Å². The number of nitrogens with zero attached hydrogens (tertiary/aromatic N) is 2. The van der Waals surface area contributed by atoms with Crippen LogP contribution >= 0.6 is 21.0 Å². The van der Waals surface area contributed by atoms with Crippen molar-refractivity contribution < 1.29 is 9.53 Å². The number of hydrogen-bond donors (Lipinski definition) is 2. The number of aromatic nitrogens is 3. The summed E-state index contributed by atoms with van der Waals surface area (Å²) in [5.41, 5.74) is 2.62. The van der Waals surface area contributed by atoms with Gasteiger partial charge in [0, 0.05) is 10.1 Å². The molecule has 0 bridgehead atoms. The molecule has 23 heavy (non-hydrogen) atoms. The zero-order valence-electron chi connectivity index (χ0n) is 13.1. The Hall–Kier alpha value is -1.38. The maximum atomic E-state index is 12.0. The summed E-state index contributed by atoms with van der Waals surface area (Å²) in [5.74, 6) is 0.267. The highest BCUT2D eigenvalue weighted by atomic mass is 127. The monoisotopic (exact) mass is 428 g/mol. The zero-order valence-corrected chi connectivity index (χ0v) is 15.3. The fraction of sp³-hybridized carbons (Fsp3) is 0.562. The Labute approximate surface area is 145 Å². The molecule has 1 aliphatic rings. The lowest BCUT2D eigenvalue weighted by Crippen LogP contribution is -2.16. The first kappa shape index (κ1) is 16.5. The first-order valence-electron chi connectivity index (χ1n) is 8.00. The Morgan fingerprint density at radius 1 is 1.43 bits per heavy atom. The van der Waals surface area contributed by atoms with Crippen LogP contribution in [0, 0.1) is 9.48 Å². The number of carbonyl (C=O) groups excluding carboxylic acids is 1. The summed E-state index contributed by atoms with van der Waals surface area (Å²) in [6.07, 6.45) is 9.07. The van der Waals surface area contributed by atoms with Gasteiger partial charge in [-0.1, -0.05) is 0 Å². The number of H-pyrrole nitrogens is 1. The van der Waals surface area contributed by atoms with Crippen LogP contribution in [0.5, 0.6) is 0 Å². The Kier molecular flexibility index (Phi) is 5.34. The Balaban J connectivity index is 1.75. The summed E-state index contributed by atoms with van der Waals surface area (Å²) >= 11 is -0.360. The van der Waals surface area contributed by atoms with E-state index < -0.39 is 0 Å². The Morgan fingerprint density at radius 3 is 2.91 bits per heavy atom. The third-order valence-electron chi connectivity index (χ3n) is 4.35. The van der Waals surface area contributed by atoms with E-state index in [2.05, 4.69) is 15.0 Å². The maximum absolute atomic E-state index is 12.0. The average molecular weight is 428 g/mol. The highest BCUT2D eigenvalue weighted by molar-refractivity contribution is 14.1. The molecular formula is C16H21IN4O2. The number of ether oxygens (including phenoxy) is 1. The molecule has 0 amide bonds. The van der Waals surface area contributed by atoms with E-state index in [4.69, 9.17) is 8.30 Å². The second-order valence-corrected chi connectivity index (χ2v) is 8.30. The van der Waals surface area contributed by atoms with Gasteiger partial charge in [0.1, 0.15) is 11.1 Å². The summed E-state index contributed by atoms with van der Waals surface area (Å²) in [7, 11) is 0. The van der Waals surface area contributed by atoms with Crippen molar-refractivity contribution >= 4 is 38.2 Å². The number of rotatable bonds is 5. The van der Waals surface area contributed by atoms with Gasteiger partial charge in [-0.3, -0.25) is 3.56 Å². The van der Waals surface area contributed by atoms with E-state index >= 15 is 0 Å². The third kappa shape index (κ3) is 3.76. The molecule has 0 saturated heterocycles. The molecule has 2 N–H and O–H groups in total. The number of aromatic amines is 1. The van der Waals surface area contributed by atoms with E-state index in [1.54, 1.807) is 19.3 Å². The van der Waals surface area contributed by atoms with Crippen LogP contribution in [0.1, 0.15) is 48.7 Å². The third-order valence-corrected chi connectivity index (χ3v) is 6.48. The van der Waals surface area contributed by atoms with Crippen molar-refractivity contribution in [2.45, 2.75) is 43.0 Å². The average Bonchev–Trinajstić information content (AvgIpc) is 2.99. The normalized spacial score (nSPS) is 21.4. The van der Waals surface area contributed by atoms with Gasteiger partial charge in [0.15, 0.2) is 5.65 Å². The molecule has 0 spiro atoms. The van der Waals surface area contributed by atoms with Crippen LogP contribution < -0.4 is 0 Å².